The summed E-state index contributed by atoms with van der Waals surface area (Å²) in [5.74, 6) is -1.02. The van der Waals surface area contributed by atoms with Gasteiger partial charge in [-0.25, -0.2) is 0 Å². The largest absolute Gasteiger partial charge is 0.331 e. The molecule has 1 heterocycles. The van der Waals surface area contributed by atoms with Gasteiger partial charge in [-0.1, -0.05) is 30.3 Å². The van der Waals surface area contributed by atoms with Gasteiger partial charge in [0.2, 0.25) is 0 Å². The highest BCUT2D eigenvalue weighted by Gasteiger charge is 2.57. The number of aryl methyl sites for hydroxylation is 1. The molecule has 27 heavy (non-hydrogen) atoms. The van der Waals surface area contributed by atoms with Gasteiger partial charge in [0.25, 0.3) is 0 Å². The van der Waals surface area contributed by atoms with Gasteiger partial charge >= 0.3 is 0 Å². The van der Waals surface area contributed by atoms with Crippen LogP contribution in [0.15, 0.2) is 42.0 Å². The van der Waals surface area contributed by atoms with Gasteiger partial charge in [0.05, 0.1) is 43.6 Å². The fourth-order valence-corrected chi connectivity index (χ4v) is 4.65. The van der Waals surface area contributed by atoms with E-state index in [2.05, 4.69) is 31.2 Å². The summed E-state index contributed by atoms with van der Waals surface area (Å²) < 4.78 is 0. The Morgan fingerprint density at radius 3 is 2.48 bits per heavy atom. The molecule has 1 aliphatic carbocycles. The molecule has 0 radical (unpaired) electrons. The van der Waals surface area contributed by atoms with Crippen molar-refractivity contribution < 1.29 is 4.90 Å². The summed E-state index contributed by atoms with van der Waals surface area (Å²) in [6.07, 6.45) is 3.50. The van der Waals surface area contributed by atoms with Crippen molar-refractivity contribution in [1.29, 1.82) is 21.2 Å². The topological polar surface area (TPSA) is 99.7 Å². The number of rotatable bonds is 4. The lowest BCUT2D eigenvalue weighted by Gasteiger charge is -2.46. The highest BCUT2D eigenvalue weighted by molar-refractivity contribution is 5.99. The van der Waals surface area contributed by atoms with E-state index in [1.807, 2.05) is 30.3 Å². The Balaban J connectivity index is 2.02. The van der Waals surface area contributed by atoms with Crippen LogP contribution in [0.3, 0.4) is 0 Å². The Bertz CT molecular complexity index is 851. The monoisotopic (exact) mass is 358 g/mol. The number of nitriles is 3. The fraction of sp³-hybridized carbons (Fsp3) is 0.455. The summed E-state index contributed by atoms with van der Waals surface area (Å²) >= 11 is 0. The van der Waals surface area contributed by atoms with Crippen LogP contribution in [0.25, 0.3) is 0 Å². The molecule has 4 atom stereocenters. The summed E-state index contributed by atoms with van der Waals surface area (Å²) in [4.78, 5) is 1.39. The van der Waals surface area contributed by atoms with Crippen LogP contribution in [0, 0.1) is 62.6 Å². The van der Waals surface area contributed by atoms with Gasteiger partial charge in [0, 0.05) is 11.8 Å². The van der Waals surface area contributed by atoms with Crippen molar-refractivity contribution in [3.05, 3.63) is 47.5 Å². The van der Waals surface area contributed by atoms with E-state index in [4.69, 9.17) is 5.41 Å². The quantitative estimate of drug-likeness (QED) is 0.804. The molecule has 0 bridgehead atoms. The molecular weight excluding hydrogens is 334 g/mol. The number of hydrogen-bond donors (Lipinski definition) is 2. The predicted octanol–water partition coefficient (Wildman–Crippen LogP) is 1.90. The normalized spacial score (nSPS) is 28.8. The van der Waals surface area contributed by atoms with Gasteiger partial charge in [-0.2, -0.15) is 15.8 Å². The van der Waals surface area contributed by atoms with Gasteiger partial charge in [0.15, 0.2) is 5.41 Å². The van der Waals surface area contributed by atoms with Gasteiger partial charge in [-0.05, 0) is 37.0 Å². The minimum absolute atomic E-state index is 0.00420. The van der Waals surface area contributed by atoms with E-state index in [9.17, 15) is 15.8 Å². The minimum atomic E-state index is -1.52. The van der Waals surface area contributed by atoms with Crippen LogP contribution in [-0.4, -0.2) is 25.3 Å². The predicted molar refractivity (Wildman–Crippen MR) is 102 cm³/mol. The molecule has 1 saturated carbocycles. The number of fused-ring (bicyclic) bond motifs is 1. The van der Waals surface area contributed by atoms with E-state index >= 15 is 0 Å². The minimum Gasteiger partial charge on any atom is -0.331 e. The second kappa shape index (κ2) is 7.75. The molecule has 5 nitrogen and oxygen atoms in total. The number of benzene rings is 1. The second-order valence-corrected chi connectivity index (χ2v) is 7.46. The molecule has 0 aromatic heterocycles. The summed E-state index contributed by atoms with van der Waals surface area (Å²) in [5, 5.41) is 38.2. The molecule has 1 aromatic carbocycles. The number of nitrogens with one attached hydrogen (secondary N) is 2. The first-order valence-electron chi connectivity index (χ1n) is 9.49. The average molecular weight is 358 g/mol. The lowest BCUT2D eigenvalue weighted by Crippen LogP contribution is -3.13. The molecule has 1 aliphatic heterocycles. The zero-order valence-electron chi connectivity index (χ0n) is 15.6. The third-order valence-corrected chi connectivity index (χ3v) is 6.22. The van der Waals surface area contributed by atoms with Gasteiger partial charge in [-0.15, -0.1) is 0 Å². The molecule has 2 aliphatic rings. The lowest BCUT2D eigenvalue weighted by atomic mass is 9.55. The number of likely N-dealkylation sites (N-methyl/N-ethyl adjacent to an activating group) is 1. The molecule has 0 amide bonds. The fourth-order valence-electron chi connectivity index (χ4n) is 4.65. The van der Waals surface area contributed by atoms with Crippen LogP contribution >= 0.6 is 0 Å². The van der Waals surface area contributed by atoms with Crippen LogP contribution in [-0.2, 0) is 6.42 Å². The Hall–Kier alpha value is -2.94. The van der Waals surface area contributed by atoms with Crippen LogP contribution < -0.4 is 4.90 Å². The highest BCUT2D eigenvalue weighted by atomic mass is 15.1. The molecule has 2 unspecified atom stereocenters. The van der Waals surface area contributed by atoms with Crippen LogP contribution in [0.1, 0.15) is 18.9 Å². The Morgan fingerprint density at radius 2 is 1.89 bits per heavy atom. The molecule has 2 N–H and O–H groups in total. The van der Waals surface area contributed by atoms with Crippen molar-refractivity contribution in [2.75, 3.05) is 19.6 Å². The van der Waals surface area contributed by atoms with Gasteiger partial charge in [-0.3, -0.25) is 0 Å². The van der Waals surface area contributed by atoms with Gasteiger partial charge < -0.3 is 10.3 Å². The first-order valence-corrected chi connectivity index (χ1v) is 9.49. The molecule has 1 aromatic rings. The van der Waals surface area contributed by atoms with E-state index in [1.54, 1.807) is 0 Å². The number of nitrogens with zero attached hydrogens (tertiary/aromatic N) is 3. The van der Waals surface area contributed by atoms with Crippen molar-refractivity contribution in [1.82, 2.24) is 0 Å². The summed E-state index contributed by atoms with van der Waals surface area (Å²) in [7, 11) is 0. The molecule has 5 heteroatoms. The van der Waals surface area contributed by atoms with Crippen LogP contribution in [0.4, 0.5) is 0 Å². The van der Waals surface area contributed by atoms with Crippen molar-refractivity contribution in [3.8, 4) is 18.2 Å². The lowest BCUT2D eigenvalue weighted by molar-refractivity contribution is -0.897. The summed E-state index contributed by atoms with van der Waals surface area (Å²) in [6.45, 7) is 4.75. The van der Waals surface area contributed by atoms with E-state index < -0.39 is 11.3 Å². The van der Waals surface area contributed by atoms with E-state index in [1.165, 1.54) is 4.90 Å². The maximum absolute atomic E-state index is 9.96. The molecular formula is C22H24N5+. The number of hydrogen-bond acceptors (Lipinski definition) is 4. The highest BCUT2D eigenvalue weighted by Crippen LogP contribution is 2.49. The Morgan fingerprint density at radius 1 is 1.19 bits per heavy atom. The third kappa shape index (κ3) is 3.14. The van der Waals surface area contributed by atoms with Gasteiger partial charge in [0.1, 0.15) is 5.92 Å². The average Bonchev–Trinajstić information content (AvgIpc) is 2.72. The molecule has 0 saturated heterocycles. The molecule has 136 valence electrons. The standard InChI is InChI=1S/C22H23N5/c1-2-27-11-10-17-18(12-23)21(26)22(14-24,15-25)20(19(17)13-27)9-8-16-6-4-3-5-7-16/h3-7,10,18-20,26H,2,8-9,11,13H2,1H3/p+1/t18?,19-,20-/m0/s1. The maximum atomic E-state index is 9.96. The first-order chi connectivity index (χ1) is 13.1. The molecule has 3 rings (SSSR count). The SMILES string of the molecule is CC[NH+]1CC=C2C(C#N)C(=N)C(C#N)(C#N)[C@@H](CCc3ccccc3)[C@H]2C1. The smallest absolute Gasteiger partial charge is 0.186 e. The van der Waals surface area contributed by atoms with E-state index in [0.717, 1.165) is 37.2 Å². The van der Waals surface area contributed by atoms with Crippen LogP contribution in [0.2, 0.25) is 0 Å². The maximum Gasteiger partial charge on any atom is 0.186 e. The number of quaternary nitrogens is 1. The summed E-state index contributed by atoms with van der Waals surface area (Å²) in [6, 6.07) is 16.6. The molecule has 0 spiro atoms. The molecule has 1 fully saturated rings. The Labute approximate surface area is 160 Å². The van der Waals surface area contributed by atoms with Crippen molar-refractivity contribution in [3.63, 3.8) is 0 Å². The van der Waals surface area contributed by atoms with E-state index in [0.29, 0.717) is 6.42 Å². The van der Waals surface area contributed by atoms with Crippen LogP contribution in [0.5, 0.6) is 0 Å². The second-order valence-electron chi connectivity index (χ2n) is 7.46. The van der Waals surface area contributed by atoms with Crippen molar-refractivity contribution in [2.45, 2.75) is 19.8 Å². The summed E-state index contributed by atoms with van der Waals surface area (Å²) in [5.41, 5.74) is 0.569. The first kappa shape index (κ1) is 18.8. The van der Waals surface area contributed by atoms with Crippen molar-refractivity contribution >= 4 is 5.71 Å². The van der Waals surface area contributed by atoms with E-state index in [-0.39, 0.29) is 17.5 Å². The third-order valence-electron chi connectivity index (χ3n) is 6.22. The Kier molecular flexibility index (Phi) is 5.41. The zero-order valence-corrected chi connectivity index (χ0v) is 15.6. The zero-order chi connectivity index (χ0) is 19.4. The van der Waals surface area contributed by atoms with Crippen molar-refractivity contribution in [2.24, 2.45) is 23.2 Å².